The molecule has 0 N–H and O–H groups in total. The predicted molar refractivity (Wildman–Crippen MR) is 69.3 cm³/mol. The summed E-state index contributed by atoms with van der Waals surface area (Å²) in [6, 6.07) is 3.54. The zero-order chi connectivity index (χ0) is 13.2. The Morgan fingerprint density at radius 2 is 2.33 bits per heavy atom. The fourth-order valence-electron chi connectivity index (χ4n) is 2.43. The van der Waals surface area contributed by atoms with Gasteiger partial charge in [-0.3, -0.25) is 9.88 Å². The zero-order valence-corrected chi connectivity index (χ0v) is 11.3. The van der Waals surface area contributed by atoms with Crippen LogP contribution in [0.25, 0.3) is 0 Å². The molecular formula is C14H20N2O2. The predicted octanol–water partition coefficient (Wildman–Crippen LogP) is 2.10. The van der Waals surface area contributed by atoms with Crippen molar-refractivity contribution in [1.82, 2.24) is 9.88 Å². The van der Waals surface area contributed by atoms with Crippen molar-refractivity contribution in [3.8, 4) is 0 Å². The first-order chi connectivity index (χ1) is 8.52. The van der Waals surface area contributed by atoms with Crippen molar-refractivity contribution in [3.63, 3.8) is 0 Å². The molecule has 0 aliphatic carbocycles. The summed E-state index contributed by atoms with van der Waals surface area (Å²) in [5, 5.41) is 0. The van der Waals surface area contributed by atoms with Crippen LogP contribution in [0, 0.1) is 5.41 Å². The molecule has 2 rings (SSSR count). The molecule has 18 heavy (non-hydrogen) atoms. The molecular weight excluding hydrogens is 228 g/mol. The van der Waals surface area contributed by atoms with Gasteiger partial charge in [0.1, 0.15) is 0 Å². The van der Waals surface area contributed by atoms with Crippen molar-refractivity contribution < 1.29 is 9.53 Å². The summed E-state index contributed by atoms with van der Waals surface area (Å²) in [5.74, 6) is -0.309. The SMILES string of the molecule is COC(=O)c1cccnc1CN1CCC(C)(C)C1. The molecule has 1 aromatic heterocycles. The summed E-state index contributed by atoms with van der Waals surface area (Å²) >= 11 is 0. The minimum absolute atomic E-state index is 0.309. The Balaban J connectivity index is 2.12. The van der Waals surface area contributed by atoms with Gasteiger partial charge in [0.05, 0.1) is 18.4 Å². The Morgan fingerprint density at radius 3 is 2.94 bits per heavy atom. The number of likely N-dealkylation sites (tertiary alicyclic amines) is 1. The summed E-state index contributed by atoms with van der Waals surface area (Å²) in [6.07, 6.45) is 2.91. The van der Waals surface area contributed by atoms with E-state index in [1.807, 2.05) is 0 Å². The van der Waals surface area contributed by atoms with Gasteiger partial charge in [0.25, 0.3) is 0 Å². The summed E-state index contributed by atoms with van der Waals surface area (Å²) in [6.45, 7) is 7.36. The Kier molecular flexibility index (Phi) is 3.66. The smallest absolute Gasteiger partial charge is 0.339 e. The second-order valence-corrected chi connectivity index (χ2v) is 5.61. The van der Waals surface area contributed by atoms with Crippen molar-refractivity contribution in [2.24, 2.45) is 5.41 Å². The van der Waals surface area contributed by atoms with Crippen LogP contribution in [0.15, 0.2) is 18.3 Å². The van der Waals surface area contributed by atoms with E-state index < -0.39 is 0 Å². The molecule has 4 nitrogen and oxygen atoms in total. The highest BCUT2D eigenvalue weighted by atomic mass is 16.5. The molecule has 1 aliphatic rings. The van der Waals surface area contributed by atoms with E-state index in [1.165, 1.54) is 13.5 Å². The van der Waals surface area contributed by atoms with Crippen LogP contribution < -0.4 is 0 Å². The molecule has 2 heterocycles. The molecule has 1 aromatic rings. The Labute approximate surface area is 108 Å². The number of hydrogen-bond acceptors (Lipinski definition) is 4. The standard InChI is InChI=1S/C14H20N2O2/c1-14(2)6-8-16(10-14)9-12-11(13(17)18-3)5-4-7-15-12/h4-5,7H,6,8-10H2,1-3H3. The topological polar surface area (TPSA) is 42.4 Å². The maximum Gasteiger partial charge on any atom is 0.339 e. The van der Waals surface area contributed by atoms with Gasteiger partial charge in [0, 0.05) is 19.3 Å². The van der Waals surface area contributed by atoms with E-state index in [9.17, 15) is 4.79 Å². The minimum Gasteiger partial charge on any atom is -0.465 e. The van der Waals surface area contributed by atoms with Gasteiger partial charge in [-0.05, 0) is 30.5 Å². The maximum absolute atomic E-state index is 11.7. The second kappa shape index (κ2) is 5.06. The average Bonchev–Trinajstić information content (AvgIpc) is 2.68. The molecule has 0 spiro atoms. The molecule has 1 aliphatic heterocycles. The fourth-order valence-corrected chi connectivity index (χ4v) is 2.43. The van der Waals surface area contributed by atoms with Crippen molar-refractivity contribution in [3.05, 3.63) is 29.6 Å². The number of ether oxygens (including phenoxy) is 1. The van der Waals surface area contributed by atoms with Crippen LogP contribution in [0.1, 0.15) is 36.3 Å². The van der Waals surface area contributed by atoms with Crippen LogP contribution in [-0.2, 0) is 11.3 Å². The van der Waals surface area contributed by atoms with Gasteiger partial charge < -0.3 is 4.74 Å². The molecule has 0 unspecified atom stereocenters. The molecule has 0 amide bonds. The highest BCUT2D eigenvalue weighted by molar-refractivity contribution is 5.90. The summed E-state index contributed by atoms with van der Waals surface area (Å²) in [5.41, 5.74) is 1.74. The highest BCUT2D eigenvalue weighted by Crippen LogP contribution is 2.29. The molecule has 0 saturated carbocycles. The van der Waals surface area contributed by atoms with Crippen LogP contribution >= 0.6 is 0 Å². The number of carbonyl (C=O) groups excluding carboxylic acids is 1. The van der Waals surface area contributed by atoms with Crippen LogP contribution in [0.2, 0.25) is 0 Å². The third kappa shape index (κ3) is 2.88. The summed E-state index contributed by atoms with van der Waals surface area (Å²) in [7, 11) is 1.40. The second-order valence-electron chi connectivity index (χ2n) is 5.61. The van der Waals surface area contributed by atoms with Gasteiger partial charge in [0.2, 0.25) is 0 Å². The largest absolute Gasteiger partial charge is 0.465 e. The van der Waals surface area contributed by atoms with Crippen LogP contribution in [0.4, 0.5) is 0 Å². The van der Waals surface area contributed by atoms with Crippen LogP contribution in [0.5, 0.6) is 0 Å². The zero-order valence-electron chi connectivity index (χ0n) is 11.3. The molecule has 1 fully saturated rings. The van der Waals surface area contributed by atoms with Gasteiger partial charge in [-0.1, -0.05) is 13.8 Å². The number of carbonyl (C=O) groups is 1. The lowest BCUT2D eigenvalue weighted by Crippen LogP contribution is -2.24. The lowest BCUT2D eigenvalue weighted by Gasteiger charge is -2.20. The quantitative estimate of drug-likeness (QED) is 0.768. The number of methoxy groups -OCH3 is 1. The number of aromatic nitrogens is 1. The van der Waals surface area contributed by atoms with Crippen LogP contribution in [0.3, 0.4) is 0 Å². The van der Waals surface area contributed by atoms with Gasteiger partial charge in [-0.25, -0.2) is 4.79 Å². The van der Waals surface area contributed by atoms with E-state index >= 15 is 0 Å². The van der Waals surface area contributed by atoms with Crippen LogP contribution in [-0.4, -0.2) is 36.1 Å². The van der Waals surface area contributed by atoms with E-state index in [1.54, 1.807) is 18.3 Å². The molecule has 98 valence electrons. The summed E-state index contributed by atoms with van der Waals surface area (Å²) < 4.78 is 4.78. The molecule has 0 radical (unpaired) electrons. The fraction of sp³-hybridized carbons (Fsp3) is 0.571. The lowest BCUT2D eigenvalue weighted by atomic mass is 9.93. The van der Waals surface area contributed by atoms with E-state index in [0.29, 0.717) is 17.5 Å². The first-order valence-corrected chi connectivity index (χ1v) is 6.26. The third-order valence-corrected chi connectivity index (χ3v) is 3.43. The molecule has 1 saturated heterocycles. The van der Waals surface area contributed by atoms with Gasteiger partial charge in [-0.2, -0.15) is 0 Å². The molecule has 0 bridgehead atoms. The normalized spacial score (nSPS) is 18.8. The maximum atomic E-state index is 11.7. The van der Waals surface area contributed by atoms with Gasteiger partial charge in [-0.15, -0.1) is 0 Å². The monoisotopic (exact) mass is 248 g/mol. The first-order valence-electron chi connectivity index (χ1n) is 6.26. The van der Waals surface area contributed by atoms with E-state index in [2.05, 4.69) is 23.7 Å². The average molecular weight is 248 g/mol. The number of pyridine rings is 1. The lowest BCUT2D eigenvalue weighted by molar-refractivity contribution is 0.0597. The first kappa shape index (κ1) is 13.0. The number of esters is 1. The van der Waals surface area contributed by atoms with Crippen molar-refractivity contribution >= 4 is 5.97 Å². The molecule has 0 atom stereocenters. The van der Waals surface area contributed by atoms with Crippen molar-refractivity contribution in [2.75, 3.05) is 20.2 Å². The van der Waals surface area contributed by atoms with E-state index in [-0.39, 0.29) is 5.97 Å². The van der Waals surface area contributed by atoms with E-state index in [0.717, 1.165) is 18.8 Å². The molecule has 4 heteroatoms. The Hall–Kier alpha value is -1.42. The number of rotatable bonds is 3. The Bertz CT molecular complexity index is 443. The Morgan fingerprint density at radius 1 is 1.56 bits per heavy atom. The number of hydrogen-bond donors (Lipinski definition) is 0. The number of nitrogens with zero attached hydrogens (tertiary/aromatic N) is 2. The third-order valence-electron chi connectivity index (χ3n) is 3.43. The van der Waals surface area contributed by atoms with Crippen molar-refractivity contribution in [1.29, 1.82) is 0 Å². The van der Waals surface area contributed by atoms with E-state index in [4.69, 9.17) is 4.74 Å². The molecule has 0 aromatic carbocycles. The minimum atomic E-state index is -0.309. The van der Waals surface area contributed by atoms with Gasteiger partial charge >= 0.3 is 5.97 Å². The van der Waals surface area contributed by atoms with Crippen molar-refractivity contribution in [2.45, 2.75) is 26.8 Å². The van der Waals surface area contributed by atoms with Gasteiger partial charge in [0.15, 0.2) is 0 Å². The highest BCUT2D eigenvalue weighted by Gasteiger charge is 2.29. The summed E-state index contributed by atoms with van der Waals surface area (Å²) in [4.78, 5) is 18.3.